The summed E-state index contributed by atoms with van der Waals surface area (Å²) >= 11 is 6.64. The molecule has 2 aromatic carbocycles. The third kappa shape index (κ3) is 5.14. The number of aromatic nitrogens is 5. The number of halogens is 1. The number of furan rings is 1. The molecule has 0 unspecified atom stereocenters. The second-order valence-electron chi connectivity index (χ2n) is 10.5. The van der Waals surface area contributed by atoms with Crippen molar-refractivity contribution in [2.45, 2.75) is 64.7 Å². The molecular formula is C30H31ClN6O2. The molecule has 1 saturated carbocycles. The van der Waals surface area contributed by atoms with E-state index in [0.717, 1.165) is 59.0 Å². The molecule has 1 aliphatic carbocycles. The van der Waals surface area contributed by atoms with Gasteiger partial charge in [0.25, 0.3) is 5.56 Å². The van der Waals surface area contributed by atoms with E-state index in [4.69, 9.17) is 16.0 Å². The Kier molecular flexibility index (Phi) is 7.06. The Labute approximate surface area is 231 Å². The number of pyridine rings is 1. The van der Waals surface area contributed by atoms with Gasteiger partial charge in [-0.05, 0) is 84.0 Å². The molecule has 9 heteroatoms. The Morgan fingerprint density at radius 3 is 2.69 bits per heavy atom. The lowest BCUT2D eigenvalue weighted by Crippen LogP contribution is -2.35. The number of rotatable bonds is 8. The summed E-state index contributed by atoms with van der Waals surface area (Å²) in [6, 6.07) is 17.4. The van der Waals surface area contributed by atoms with Crippen LogP contribution in [0.15, 0.2) is 70.1 Å². The van der Waals surface area contributed by atoms with Crippen molar-refractivity contribution in [3.8, 4) is 0 Å². The van der Waals surface area contributed by atoms with Gasteiger partial charge in [-0.3, -0.25) is 9.69 Å². The molecule has 6 rings (SSSR count). The van der Waals surface area contributed by atoms with Crippen LogP contribution in [0.3, 0.4) is 0 Å². The first kappa shape index (κ1) is 25.5. The number of tetrazole rings is 1. The molecule has 1 fully saturated rings. The molecule has 0 aliphatic heterocycles. The maximum absolute atomic E-state index is 13.9. The highest BCUT2D eigenvalue weighted by molar-refractivity contribution is 6.31. The van der Waals surface area contributed by atoms with Crippen LogP contribution in [0.2, 0.25) is 5.02 Å². The summed E-state index contributed by atoms with van der Waals surface area (Å²) in [5.41, 5.74) is 4.37. The van der Waals surface area contributed by atoms with Gasteiger partial charge in [0.15, 0.2) is 5.82 Å². The average molecular weight is 543 g/mol. The first-order valence-electron chi connectivity index (χ1n) is 13.4. The van der Waals surface area contributed by atoms with Crippen molar-refractivity contribution in [2.75, 3.05) is 0 Å². The lowest BCUT2D eigenvalue weighted by molar-refractivity contribution is 0.176. The van der Waals surface area contributed by atoms with E-state index in [2.05, 4.69) is 44.5 Å². The van der Waals surface area contributed by atoms with E-state index in [1.807, 2.05) is 54.1 Å². The number of hydrogen-bond acceptors (Lipinski definition) is 6. The number of benzene rings is 2. The van der Waals surface area contributed by atoms with Gasteiger partial charge in [0.1, 0.15) is 11.8 Å². The monoisotopic (exact) mass is 542 g/mol. The van der Waals surface area contributed by atoms with Gasteiger partial charge >= 0.3 is 0 Å². The zero-order valence-electron chi connectivity index (χ0n) is 22.1. The Bertz CT molecular complexity index is 1650. The standard InChI is InChI=1S/C30H31ClN6O2/c1-19-14-20(2)27-22(15-19)16-25(30(38)32-27)28(29-33-34-35-37(29)23-9-4-5-10-23)36(18-24-11-7-13-39-24)17-21-8-3-6-12-26(21)31/h3,6-8,11-16,23,28H,4-5,9-10,17-18H2,1-2H3,(H,32,38)/t28-/m1/s1. The maximum atomic E-state index is 13.9. The Balaban J connectivity index is 1.56. The summed E-state index contributed by atoms with van der Waals surface area (Å²) in [7, 11) is 0. The van der Waals surface area contributed by atoms with Gasteiger partial charge in [0.05, 0.1) is 24.4 Å². The molecule has 5 aromatic rings. The second-order valence-corrected chi connectivity index (χ2v) is 10.9. The fourth-order valence-electron chi connectivity index (χ4n) is 5.88. The summed E-state index contributed by atoms with van der Waals surface area (Å²) in [5.74, 6) is 1.42. The first-order chi connectivity index (χ1) is 19.0. The summed E-state index contributed by atoms with van der Waals surface area (Å²) in [6.45, 7) is 4.98. The lowest BCUT2D eigenvalue weighted by Gasteiger charge is -2.31. The fourth-order valence-corrected chi connectivity index (χ4v) is 6.08. The smallest absolute Gasteiger partial charge is 0.253 e. The number of fused-ring (bicyclic) bond motifs is 1. The number of aryl methyl sites for hydroxylation is 2. The van der Waals surface area contributed by atoms with Gasteiger partial charge in [0, 0.05) is 17.1 Å². The van der Waals surface area contributed by atoms with Gasteiger partial charge in [0.2, 0.25) is 0 Å². The van der Waals surface area contributed by atoms with Crippen molar-refractivity contribution in [2.24, 2.45) is 0 Å². The van der Waals surface area contributed by atoms with Crippen LogP contribution in [-0.2, 0) is 13.1 Å². The summed E-state index contributed by atoms with van der Waals surface area (Å²) < 4.78 is 7.71. The molecule has 0 spiro atoms. The Morgan fingerprint density at radius 1 is 1.10 bits per heavy atom. The summed E-state index contributed by atoms with van der Waals surface area (Å²) in [6.07, 6.45) is 5.97. The molecule has 3 aromatic heterocycles. The molecule has 1 atom stereocenters. The van der Waals surface area contributed by atoms with Crippen molar-refractivity contribution in [3.63, 3.8) is 0 Å². The third-order valence-electron chi connectivity index (χ3n) is 7.69. The van der Waals surface area contributed by atoms with Crippen molar-refractivity contribution in [3.05, 3.63) is 110 Å². The summed E-state index contributed by atoms with van der Waals surface area (Å²) in [5, 5.41) is 14.7. The van der Waals surface area contributed by atoms with Crippen LogP contribution in [0.1, 0.15) is 71.6 Å². The molecule has 0 bridgehead atoms. The summed E-state index contributed by atoms with van der Waals surface area (Å²) in [4.78, 5) is 19.2. The van der Waals surface area contributed by atoms with Crippen molar-refractivity contribution >= 4 is 22.5 Å². The van der Waals surface area contributed by atoms with Gasteiger partial charge in [-0.25, -0.2) is 4.68 Å². The third-order valence-corrected chi connectivity index (χ3v) is 8.05. The van der Waals surface area contributed by atoms with Gasteiger partial charge < -0.3 is 9.40 Å². The fraction of sp³-hybridized carbons (Fsp3) is 0.333. The van der Waals surface area contributed by atoms with E-state index < -0.39 is 6.04 Å². The largest absolute Gasteiger partial charge is 0.468 e. The van der Waals surface area contributed by atoms with Crippen LogP contribution in [0.5, 0.6) is 0 Å². The predicted molar refractivity (Wildman–Crippen MR) is 151 cm³/mol. The number of hydrogen-bond donors (Lipinski definition) is 1. The molecule has 200 valence electrons. The lowest BCUT2D eigenvalue weighted by atomic mass is 9.99. The zero-order chi connectivity index (χ0) is 26.9. The molecule has 1 N–H and O–H groups in total. The van der Waals surface area contributed by atoms with E-state index in [-0.39, 0.29) is 11.6 Å². The van der Waals surface area contributed by atoms with E-state index >= 15 is 0 Å². The molecule has 0 radical (unpaired) electrons. The van der Waals surface area contributed by atoms with Gasteiger partial charge in [-0.1, -0.05) is 54.3 Å². The van der Waals surface area contributed by atoms with Crippen LogP contribution < -0.4 is 5.56 Å². The van der Waals surface area contributed by atoms with Gasteiger partial charge in [-0.2, -0.15) is 0 Å². The van der Waals surface area contributed by atoms with E-state index in [1.54, 1.807) is 6.26 Å². The van der Waals surface area contributed by atoms with Crippen molar-refractivity contribution in [1.29, 1.82) is 0 Å². The normalized spacial score (nSPS) is 15.0. The Morgan fingerprint density at radius 2 is 1.92 bits per heavy atom. The highest BCUT2D eigenvalue weighted by atomic mass is 35.5. The van der Waals surface area contributed by atoms with Gasteiger partial charge in [-0.15, -0.1) is 5.10 Å². The quantitative estimate of drug-likeness (QED) is 0.248. The Hall–Kier alpha value is -3.75. The second kappa shape index (κ2) is 10.8. The van der Waals surface area contributed by atoms with E-state index in [1.165, 1.54) is 0 Å². The van der Waals surface area contributed by atoms with Crippen LogP contribution in [0.25, 0.3) is 10.9 Å². The molecule has 1 aliphatic rings. The predicted octanol–water partition coefficient (Wildman–Crippen LogP) is 6.28. The molecule has 0 amide bonds. The highest BCUT2D eigenvalue weighted by Gasteiger charge is 2.34. The van der Waals surface area contributed by atoms with Crippen molar-refractivity contribution in [1.82, 2.24) is 30.1 Å². The van der Waals surface area contributed by atoms with Crippen LogP contribution in [-0.4, -0.2) is 30.1 Å². The first-order valence-corrected chi connectivity index (χ1v) is 13.8. The topological polar surface area (TPSA) is 92.8 Å². The number of nitrogens with zero attached hydrogens (tertiary/aromatic N) is 5. The minimum atomic E-state index is -0.545. The number of H-pyrrole nitrogens is 1. The highest BCUT2D eigenvalue weighted by Crippen LogP contribution is 2.36. The molecule has 0 saturated heterocycles. The minimum Gasteiger partial charge on any atom is -0.468 e. The van der Waals surface area contributed by atoms with E-state index in [9.17, 15) is 4.79 Å². The molecule has 3 heterocycles. The molecule has 39 heavy (non-hydrogen) atoms. The van der Waals surface area contributed by atoms with Crippen LogP contribution in [0.4, 0.5) is 0 Å². The van der Waals surface area contributed by atoms with Crippen LogP contribution >= 0.6 is 11.6 Å². The average Bonchev–Trinajstić information content (AvgIpc) is 3.70. The van der Waals surface area contributed by atoms with Crippen molar-refractivity contribution < 1.29 is 4.42 Å². The zero-order valence-corrected chi connectivity index (χ0v) is 22.9. The molecule has 8 nitrogen and oxygen atoms in total. The minimum absolute atomic E-state index is 0.163. The van der Waals surface area contributed by atoms with Crippen LogP contribution in [0, 0.1) is 13.8 Å². The SMILES string of the molecule is Cc1cc(C)c2[nH]c(=O)c([C@H](c3nnnn3C3CCCC3)N(Cc3ccco3)Cc3ccccc3Cl)cc2c1. The molecular weight excluding hydrogens is 512 g/mol. The maximum Gasteiger partial charge on any atom is 0.253 e. The number of aromatic amines is 1. The number of nitrogens with one attached hydrogen (secondary N) is 1. The van der Waals surface area contributed by atoms with E-state index in [0.29, 0.717) is 29.5 Å².